The first-order valence-electron chi connectivity index (χ1n) is 7.17. The molecule has 108 valence electrons. The second kappa shape index (κ2) is 7.75. The van der Waals surface area contributed by atoms with Crippen LogP contribution in [0.5, 0.6) is 5.75 Å². The predicted molar refractivity (Wildman–Crippen MR) is 81.1 cm³/mol. The van der Waals surface area contributed by atoms with Gasteiger partial charge in [-0.3, -0.25) is 0 Å². The lowest BCUT2D eigenvalue weighted by atomic mass is 9.95. The SMILES string of the molecule is CCNCC(Cc1ccc(OC)cc1)Cc1ccco1. The minimum absolute atomic E-state index is 0.537. The molecule has 1 unspecified atom stereocenters. The largest absolute Gasteiger partial charge is 0.497 e. The van der Waals surface area contributed by atoms with Crippen LogP contribution >= 0.6 is 0 Å². The van der Waals surface area contributed by atoms with Crippen LogP contribution in [0.3, 0.4) is 0 Å². The summed E-state index contributed by atoms with van der Waals surface area (Å²) in [6, 6.07) is 12.3. The third kappa shape index (κ3) is 4.42. The molecule has 1 aromatic heterocycles. The zero-order valence-corrected chi connectivity index (χ0v) is 12.3. The summed E-state index contributed by atoms with van der Waals surface area (Å²) >= 11 is 0. The summed E-state index contributed by atoms with van der Waals surface area (Å²) < 4.78 is 10.7. The molecule has 3 heteroatoms. The Balaban J connectivity index is 1.98. The van der Waals surface area contributed by atoms with Gasteiger partial charge in [-0.1, -0.05) is 19.1 Å². The maximum atomic E-state index is 5.47. The molecule has 0 aliphatic heterocycles. The Morgan fingerprint density at radius 3 is 2.55 bits per heavy atom. The molecule has 1 heterocycles. The molecule has 0 saturated carbocycles. The molecule has 0 aliphatic carbocycles. The Kier molecular flexibility index (Phi) is 5.69. The van der Waals surface area contributed by atoms with E-state index in [-0.39, 0.29) is 0 Å². The van der Waals surface area contributed by atoms with E-state index in [0.29, 0.717) is 5.92 Å². The van der Waals surface area contributed by atoms with Gasteiger partial charge in [0.25, 0.3) is 0 Å². The first-order chi connectivity index (χ1) is 9.81. The first-order valence-corrected chi connectivity index (χ1v) is 7.17. The second-order valence-electron chi connectivity index (χ2n) is 5.01. The Labute approximate surface area is 121 Å². The highest BCUT2D eigenvalue weighted by Gasteiger charge is 2.12. The molecular weight excluding hydrogens is 250 g/mol. The van der Waals surface area contributed by atoms with Crippen LogP contribution in [-0.4, -0.2) is 20.2 Å². The van der Waals surface area contributed by atoms with Crippen LogP contribution in [0.4, 0.5) is 0 Å². The van der Waals surface area contributed by atoms with Gasteiger partial charge in [0.2, 0.25) is 0 Å². The lowest BCUT2D eigenvalue weighted by molar-refractivity contribution is 0.411. The molecular formula is C17H23NO2. The molecule has 0 spiro atoms. The molecule has 0 amide bonds. The molecule has 0 aliphatic rings. The number of ether oxygens (including phenoxy) is 1. The molecule has 20 heavy (non-hydrogen) atoms. The number of furan rings is 1. The molecule has 3 nitrogen and oxygen atoms in total. The molecule has 1 aromatic carbocycles. The monoisotopic (exact) mass is 273 g/mol. The third-order valence-corrected chi connectivity index (χ3v) is 3.44. The van der Waals surface area contributed by atoms with E-state index < -0.39 is 0 Å². The van der Waals surface area contributed by atoms with Crippen LogP contribution < -0.4 is 10.1 Å². The summed E-state index contributed by atoms with van der Waals surface area (Å²) in [6.07, 6.45) is 3.75. The molecule has 0 radical (unpaired) electrons. The van der Waals surface area contributed by atoms with Crippen molar-refractivity contribution in [3.63, 3.8) is 0 Å². The van der Waals surface area contributed by atoms with Crippen LogP contribution in [0, 0.1) is 5.92 Å². The summed E-state index contributed by atoms with van der Waals surface area (Å²) in [5, 5.41) is 3.44. The van der Waals surface area contributed by atoms with Gasteiger partial charge in [0.1, 0.15) is 11.5 Å². The van der Waals surface area contributed by atoms with Crippen molar-refractivity contribution in [3.8, 4) is 5.75 Å². The molecule has 2 aromatic rings. The van der Waals surface area contributed by atoms with Crippen LogP contribution in [0.1, 0.15) is 18.2 Å². The summed E-state index contributed by atoms with van der Waals surface area (Å²) in [6.45, 7) is 4.14. The molecule has 0 fully saturated rings. The fraction of sp³-hybridized carbons (Fsp3) is 0.412. The maximum Gasteiger partial charge on any atom is 0.118 e. The van der Waals surface area contributed by atoms with E-state index in [0.717, 1.165) is 37.4 Å². The van der Waals surface area contributed by atoms with E-state index >= 15 is 0 Å². The fourth-order valence-electron chi connectivity index (χ4n) is 2.37. The van der Waals surface area contributed by atoms with Crippen molar-refractivity contribution in [1.82, 2.24) is 5.32 Å². The van der Waals surface area contributed by atoms with Crippen LogP contribution in [0.25, 0.3) is 0 Å². The topological polar surface area (TPSA) is 34.4 Å². The van der Waals surface area contributed by atoms with Gasteiger partial charge in [0.05, 0.1) is 13.4 Å². The van der Waals surface area contributed by atoms with Crippen molar-refractivity contribution >= 4 is 0 Å². The lowest BCUT2D eigenvalue weighted by Crippen LogP contribution is -2.25. The molecule has 1 N–H and O–H groups in total. The zero-order chi connectivity index (χ0) is 14.2. The van der Waals surface area contributed by atoms with E-state index in [1.165, 1.54) is 5.56 Å². The van der Waals surface area contributed by atoms with E-state index in [9.17, 15) is 0 Å². The number of rotatable bonds is 8. The van der Waals surface area contributed by atoms with Gasteiger partial charge in [0, 0.05) is 6.42 Å². The number of benzene rings is 1. The van der Waals surface area contributed by atoms with Gasteiger partial charge in [0.15, 0.2) is 0 Å². The molecule has 0 bridgehead atoms. The molecule has 0 saturated heterocycles. The summed E-state index contributed by atoms with van der Waals surface area (Å²) in [4.78, 5) is 0. The number of nitrogens with one attached hydrogen (secondary N) is 1. The molecule has 2 rings (SSSR count). The van der Waals surface area contributed by atoms with Crippen LogP contribution in [0.2, 0.25) is 0 Å². The highest BCUT2D eigenvalue weighted by atomic mass is 16.5. The van der Waals surface area contributed by atoms with Gasteiger partial charge >= 0.3 is 0 Å². The quantitative estimate of drug-likeness (QED) is 0.801. The number of methoxy groups -OCH3 is 1. The Morgan fingerprint density at radius 2 is 1.95 bits per heavy atom. The van der Waals surface area contributed by atoms with Gasteiger partial charge in [-0.05, 0) is 55.3 Å². The third-order valence-electron chi connectivity index (χ3n) is 3.44. The average molecular weight is 273 g/mol. The number of hydrogen-bond donors (Lipinski definition) is 1. The smallest absolute Gasteiger partial charge is 0.118 e. The minimum atomic E-state index is 0.537. The van der Waals surface area contributed by atoms with Crippen molar-refractivity contribution in [2.24, 2.45) is 5.92 Å². The summed E-state index contributed by atoms with van der Waals surface area (Å²) in [7, 11) is 1.69. The minimum Gasteiger partial charge on any atom is -0.497 e. The average Bonchev–Trinajstić information content (AvgIpc) is 2.98. The van der Waals surface area contributed by atoms with Crippen molar-refractivity contribution in [2.75, 3.05) is 20.2 Å². The van der Waals surface area contributed by atoms with Crippen molar-refractivity contribution in [1.29, 1.82) is 0 Å². The maximum absolute atomic E-state index is 5.47. The Morgan fingerprint density at radius 1 is 1.15 bits per heavy atom. The summed E-state index contributed by atoms with van der Waals surface area (Å²) in [5.41, 5.74) is 1.33. The predicted octanol–water partition coefficient (Wildman–Crippen LogP) is 3.30. The van der Waals surface area contributed by atoms with Crippen molar-refractivity contribution < 1.29 is 9.15 Å². The van der Waals surface area contributed by atoms with Crippen molar-refractivity contribution in [2.45, 2.75) is 19.8 Å². The highest BCUT2D eigenvalue weighted by Crippen LogP contribution is 2.17. The van der Waals surface area contributed by atoms with Gasteiger partial charge in [-0.25, -0.2) is 0 Å². The Bertz CT molecular complexity index is 476. The second-order valence-corrected chi connectivity index (χ2v) is 5.01. The van der Waals surface area contributed by atoms with Crippen molar-refractivity contribution in [3.05, 3.63) is 54.0 Å². The summed E-state index contributed by atoms with van der Waals surface area (Å²) in [5.74, 6) is 2.50. The lowest BCUT2D eigenvalue weighted by Gasteiger charge is -2.16. The van der Waals surface area contributed by atoms with Gasteiger partial charge in [-0.15, -0.1) is 0 Å². The zero-order valence-electron chi connectivity index (χ0n) is 12.3. The standard InChI is InChI=1S/C17H23NO2/c1-3-18-13-15(12-17-5-4-10-20-17)11-14-6-8-16(19-2)9-7-14/h4-10,15,18H,3,11-13H2,1-2H3. The normalized spacial score (nSPS) is 12.3. The van der Waals surface area contributed by atoms with Crippen LogP contribution in [0.15, 0.2) is 47.1 Å². The van der Waals surface area contributed by atoms with E-state index in [1.807, 2.05) is 24.3 Å². The van der Waals surface area contributed by atoms with E-state index in [1.54, 1.807) is 13.4 Å². The van der Waals surface area contributed by atoms with Gasteiger partial charge in [-0.2, -0.15) is 0 Å². The van der Waals surface area contributed by atoms with E-state index in [2.05, 4.69) is 24.4 Å². The first kappa shape index (κ1) is 14.7. The Hall–Kier alpha value is -1.74. The van der Waals surface area contributed by atoms with Crippen LogP contribution in [-0.2, 0) is 12.8 Å². The number of hydrogen-bond acceptors (Lipinski definition) is 3. The molecule has 1 atom stereocenters. The fourth-order valence-corrected chi connectivity index (χ4v) is 2.37. The highest BCUT2D eigenvalue weighted by molar-refractivity contribution is 5.27. The van der Waals surface area contributed by atoms with Gasteiger partial charge < -0.3 is 14.5 Å². The van der Waals surface area contributed by atoms with E-state index in [4.69, 9.17) is 9.15 Å².